The molecular weight excluding hydrogens is 426 g/mol. The molecule has 3 aromatic carbocycles. The van der Waals surface area contributed by atoms with E-state index in [1.165, 1.54) is 0 Å². The smallest absolute Gasteiger partial charge is 0.309 e. The van der Waals surface area contributed by atoms with E-state index in [4.69, 9.17) is 9.63 Å². The average Bonchev–Trinajstić information content (AvgIpc) is 3.23. The highest BCUT2D eigenvalue weighted by molar-refractivity contribution is 5.97. The van der Waals surface area contributed by atoms with Crippen molar-refractivity contribution in [2.45, 2.75) is 6.54 Å². The lowest BCUT2D eigenvalue weighted by Crippen LogP contribution is -2.49. The van der Waals surface area contributed by atoms with Crippen LogP contribution in [0.2, 0.25) is 0 Å². The van der Waals surface area contributed by atoms with E-state index in [1.54, 1.807) is 0 Å². The van der Waals surface area contributed by atoms with Crippen molar-refractivity contribution in [1.82, 2.24) is 15.0 Å². The topological polar surface area (TPSA) is 79.5 Å². The van der Waals surface area contributed by atoms with E-state index in [0.717, 1.165) is 34.0 Å². The molecule has 0 saturated carbocycles. The maximum atomic E-state index is 11.1. The molecule has 0 spiro atoms. The van der Waals surface area contributed by atoms with Gasteiger partial charge in [-0.2, -0.15) is 4.98 Å². The Bertz CT molecular complexity index is 1260. The van der Waals surface area contributed by atoms with E-state index in [9.17, 15) is 4.79 Å². The minimum atomic E-state index is -0.717. The number of fused-ring (bicyclic) bond motifs is 1. The number of halogens is 1. The quantitative estimate of drug-likeness (QED) is 0.448. The van der Waals surface area contributed by atoms with Crippen molar-refractivity contribution in [2.24, 2.45) is 5.92 Å². The Hall–Kier alpha value is -3.48. The third kappa shape index (κ3) is 4.42. The lowest BCUT2D eigenvalue weighted by atomic mass is 9.95. The van der Waals surface area contributed by atoms with E-state index in [0.29, 0.717) is 24.8 Å². The Morgan fingerprint density at radius 2 is 1.72 bits per heavy atom. The molecule has 6 nitrogen and oxygen atoms in total. The minimum absolute atomic E-state index is 0. The first-order valence-corrected chi connectivity index (χ1v) is 10.2. The second-order valence-electron chi connectivity index (χ2n) is 7.75. The SMILES string of the molecule is Cl.O=C(O)C1CN(Cc2ccc(-c3noc(/C=C/c4ccccc4)n3)c3ccccc23)C1. The van der Waals surface area contributed by atoms with Gasteiger partial charge in [0.2, 0.25) is 5.82 Å². The number of carboxylic acids is 1. The number of benzene rings is 3. The summed E-state index contributed by atoms with van der Waals surface area (Å²) in [5.41, 5.74) is 3.14. The van der Waals surface area contributed by atoms with Crippen molar-refractivity contribution in [2.75, 3.05) is 13.1 Å². The molecule has 0 atom stereocenters. The van der Waals surface area contributed by atoms with Crippen molar-refractivity contribution >= 4 is 41.3 Å². The largest absolute Gasteiger partial charge is 0.481 e. The number of likely N-dealkylation sites (tertiary alicyclic amines) is 1. The molecule has 2 heterocycles. The zero-order valence-electron chi connectivity index (χ0n) is 17.2. The molecule has 1 aliphatic rings. The van der Waals surface area contributed by atoms with Gasteiger partial charge in [0.15, 0.2) is 0 Å². The number of hydrogen-bond acceptors (Lipinski definition) is 5. The Kier molecular flexibility index (Phi) is 6.35. The van der Waals surface area contributed by atoms with Gasteiger partial charge in [-0.25, -0.2) is 0 Å². The molecule has 4 aromatic rings. The number of carboxylic acid groups (broad SMARTS) is 1. The second kappa shape index (κ2) is 9.34. The van der Waals surface area contributed by atoms with Crippen molar-refractivity contribution in [3.05, 3.63) is 83.7 Å². The van der Waals surface area contributed by atoms with Crippen LogP contribution < -0.4 is 0 Å². The highest BCUT2D eigenvalue weighted by atomic mass is 35.5. The fraction of sp³-hybridized carbons (Fsp3) is 0.160. The number of rotatable bonds is 6. The van der Waals surface area contributed by atoms with Crippen LogP contribution in [0.15, 0.2) is 71.3 Å². The van der Waals surface area contributed by atoms with Crippen LogP contribution in [0.4, 0.5) is 0 Å². The predicted molar refractivity (Wildman–Crippen MR) is 126 cm³/mol. The highest BCUT2D eigenvalue weighted by Crippen LogP contribution is 2.31. The number of nitrogens with zero attached hydrogens (tertiary/aromatic N) is 3. The van der Waals surface area contributed by atoms with Gasteiger partial charge in [0.05, 0.1) is 5.92 Å². The van der Waals surface area contributed by atoms with Crippen molar-refractivity contribution in [1.29, 1.82) is 0 Å². The number of carbonyl (C=O) groups is 1. The summed E-state index contributed by atoms with van der Waals surface area (Å²) in [5.74, 6) is 0.0237. The molecule has 1 aromatic heterocycles. The summed E-state index contributed by atoms with van der Waals surface area (Å²) in [4.78, 5) is 17.8. The number of aromatic nitrogens is 2. The molecule has 0 aliphatic carbocycles. The molecule has 1 aliphatic heterocycles. The molecule has 32 heavy (non-hydrogen) atoms. The fourth-order valence-corrected chi connectivity index (χ4v) is 3.93. The van der Waals surface area contributed by atoms with Gasteiger partial charge < -0.3 is 9.63 Å². The molecule has 7 heteroatoms. The Morgan fingerprint density at radius 1 is 1.00 bits per heavy atom. The van der Waals surface area contributed by atoms with Gasteiger partial charge in [0, 0.05) is 31.3 Å². The van der Waals surface area contributed by atoms with E-state index in [-0.39, 0.29) is 18.3 Å². The third-order valence-corrected chi connectivity index (χ3v) is 5.62. The Balaban J connectivity index is 0.00000245. The lowest BCUT2D eigenvalue weighted by Gasteiger charge is -2.36. The molecule has 5 rings (SSSR count). The van der Waals surface area contributed by atoms with E-state index in [1.807, 2.05) is 60.7 Å². The second-order valence-corrected chi connectivity index (χ2v) is 7.75. The van der Waals surface area contributed by atoms with Gasteiger partial charge in [-0.1, -0.05) is 71.9 Å². The van der Waals surface area contributed by atoms with Gasteiger partial charge in [-0.15, -0.1) is 12.4 Å². The van der Waals surface area contributed by atoms with Gasteiger partial charge in [-0.05, 0) is 28.0 Å². The predicted octanol–water partition coefficient (Wildman–Crippen LogP) is 5.00. The molecular formula is C25H22ClN3O3. The Morgan fingerprint density at radius 3 is 2.47 bits per heavy atom. The molecule has 0 bridgehead atoms. The Labute approximate surface area is 191 Å². The van der Waals surface area contributed by atoms with Crippen LogP contribution in [-0.2, 0) is 11.3 Å². The highest BCUT2D eigenvalue weighted by Gasteiger charge is 2.32. The summed E-state index contributed by atoms with van der Waals surface area (Å²) in [6.07, 6.45) is 3.75. The summed E-state index contributed by atoms with van der Waals surface area (Å²) < 4.78 is 5.43. The molecule has 1 saturated heterocycles. The van der Waals surface area contributed by atoms with Gasteiger partial charge in [0.1, 0.15) is 0 Å². The third-order valence-electron chi connectivity index (χ3n) is 5.62. The number of aliphatic carboxylic acids is 1. The van der Waals surface area contributed by atoms with Crippen LogP contribution in [0.1, 0.15) is 17.0 Å². The first-order chi connectivity index (χ1) is 15.2. The van der Waals surface area contributed by atoms with E-state index >= 15 is 0 Å². The van der Waals surface area contributed by atoms with Crippen molar-refractivity contribution in [3.63, 3.8) is 0 Å². The summed E-state index contributed by atoms with van der Waals surface area (Å²) >= 11 is 0. The summed E-state index contributed by atoms with van der Waals surface area (Å²) in [7, 11) is 0. The molecule has 0 unspecified atom stereocenters. The maximum absolute atomic E-state index is 11.1. The number of hydrogen-bond donors (Lipinski definition) is 1. The summed E-state index contributed by atoms with van der Waals surface area (Å²) in [6.45, 7) is 1.91. The van der Waals surface area contributed by atoms with Crippen LogP contribution in [0.3, 0.4) is 0 Å². The van der Waals surface area contributed by atoms with Crippen LogP contribution in [0.25, 0.3) is 34.3 Å². The summed E-state index contributed by atoms with van der Waals surface area (Å²) in [6, 6.07) is 22.2. The van der Waals surface area contributed by atoms with Gasteiger partial charge in [0.25, 0.3) is 5.89 Å². The molecule has 1 N–H and O–H groups in total. The fourth-order valence-electron chi connectivity index (χ4n) is 3.93. The first-order valence-electron chi connectivity index (χ1n) is 10.2. The zero-order chi connectivity index (χ0) is 21.2. The monoisotopic (exact) mass is 447 g/mol. The van der Waals surface area contributed by atoms with E-state index < -0.39 is 5.97 Å². The van der Waals surface area contributed by atoms with E-state index in [2.05, 4.69) is 33.2 Å². The normalized spacial score (nSPS) is 14.4. The van der Waals surface area contributed by atoms with Crippen LogP contribution in [0, 0.1) is 5.92 Å². The molecule has 0 amide bonds. The molecule has 162 valence electrons. The van der Waals surface area contributed by atoms with Crippen molar-refractivity contribution in [3.8, 4) is 11.4 Å². The lowest BCUT2D eigenvalue weighted by molar-refractivity contribution is -0.147. The van der Waals surface area contributed by atoms with Gasteiger partial charge in [-0.3, -0.25) is 9.69 Å². The summed E-state index contributed by atoms with van der Waals surface area (Å²) in [5, 5.41) is 15.5. The van der Waals surface area contributed by atoms with Crippen LogP contribution in [0.5, 0.6) is 0 Å². The maximum Gasteiger partial charge on any atom is 0.309 e. The van der Waals surface area contributed by atoms with Crippen LogP contribution >= 0.6 is 12.4 Å². The van der Waals surface area contributed by atoms with Crippen LogP contribution in [-0.4, -0.2) is 39.2 Å². The molecule has 0 radical (unpaired) electrons. The first kappa shape index (κ1) is 21.7. The molecule has 1 fully saturated rings. The minimum Gasteiger partial charge on any atom is -0.481 e. The standard InChI is InChI=1S/C25H21N3O3.ClH/c29-25(30)19-15-28(16-19)14-18-11-12-22(21-9-5-4-8-20(18)21)24-26-23(31-27-24)13-10-17-6-2-1-3-7-17;/h1-13,19H,14-16H2,(H,29,30);1H/b13-10+;. The zero-order valence-corrected chi connectivity index (χ0v) is 18.0. The average molecular weight is 448 g/mol. The van der Waals surface area contributed by atoms with Gasteiger partial charge >= 0.3 is 5.97 Å². The van der Waals surface area contributed by atoms with Crippen molar-refractivity contribution < 1.29 is 14.4 Å².